The molecule has 1 heterocycles. The predicted molar refractivity (Wildman–Crippen MR) is 58.4 cm³/mol. The monoisotopic (exact) mass is 228 g/mol. The van der Waals surface area contributed by atoms with Crippen molar-refractivity contribution in [2.45, 2.75) is 44.9 Å². The van der Waals surface area contributed by atoms with Gasteiger partial charge >= 0.3 is 0 Å². The molecule has 1 N–H and O–H groups in total. The Hall–Kier alpha value is -1.32. The quantitative estimate of drug-likeness (QED) is 0.751. The Morgan fingerprint density at radius 1 is 1.50 bits per heavy atom. The van der Waals surface area contributed by atoms with Crippen LogP contribution in [0.1, 0.15) is 53.4 Å². The van der Waals surface area contributed by atoms with Gasteiger partial charge in [0.15, 0.2) is 0 Å². The number of pyridine rings is 1. The second-order valence-electron chi connectivity index (χ2n) is 4.24. The molecular formula is C12H16FNO2. The third-order valence-electron chi connectivity index (χ3n) is 3.16. The summed E-state index contributed by atoms with van der Waals surface area (Å²) in [6.07, 6.45) is 4.11. The molecule has 1 aliphatic carbocycles. The van der Waals surface area contributed by atoms with Gasteiger partial charge in [0.05, 0.1) is 0 Å². The van der Waals surface area contributed by atoms with E-state index in [0.29, 0.717) is 18.9 Å². The average molecular weight is 228 g/mol. The molecule has 0 radical (unpaired) electrons. The molecule has 1 aromatic heterocycles. The van der Waals surface area contributed by atoms with Gasteiger partial charge < -0.3 is 5.21 Å². The van der Waals surface area contributed by atoms with E-state index in [1.807, 2.05) is 0 Å². The lowest BCUT2D eigenvalue weighted by Crippen LogP contribution is -2.26. The van der Waals surface area contributed by atoms with Gasteiger partial charge in [-0.2, -0.15) is 0 Å². The van der Waals surface area contributed by atoms with Crippen molar-refractivity contribution in [2.75, 3.05) is 0 Å². The van der Waals surface area contributed by atoms with E-state index in [-0.39, 0.29) is 16.3 Å². The van der Waals surface area contributed by atoms with Crippen LogP contribution in [0.3, 0.4) is 0 Å². The van der Waals surface area contributed by atoms with E-state index >= 15 is 0 Å². The lowest BCUT2D eigenvalue weighted by molar-refractivity contribution is 0.151. The lowest BCUT2D eigenvalue weighted by Gasteiger charge is -2.23. The zero-order valence-corrected chi connectivity index (χ0v) is 8.87. The number of halogens is 1. The smallest absolute Gasteiger partial charge is 0.283 e. The van der Waals surface area contributed by atoms with E-state index < -0.39 is 23.8 Å². The lowest BCUT2D eigenvalue weighted by atomic mass is 9.86. The normalized spacial score (nSPS) is 21.2. The van der Waals surface area contributed by atoms with Gasteiger partial charge in [-0.05, 0) is 25.3 Å². The maximum atomic E-state index is 14.3. The molecule has 1 fully saturated rings. The Morgan fingerprint density at radius 2 is 2.19 bits per heavy atom. The molecule has 88 valence electrons. The van der Waals surface area contributed by atoms with Crippen molar-refractivity contribution in [1.29, 1.82) is 0 Å². The van der Waals surface area contributed by atoms with Crippen LogP contribution >= 0.6 is 0 Å². The minimum absolute atomic E-state index is 0.182. The van der Waals surface area contributed by atoms with Gasteiger partial charge in [-0.3, -0.25) is 4.79 Å². The van der Waals surface area contributed by atoms with Crippen LogP contribution in [0.4, 0.5) is 4.39 Å². The summed E-state index contributed by atoms with van der Waals surface area (Å²) in [5, 5.41) is 9.70. The zero-order valence-electron chi connectivity index (χ0n) is 11.9. The van der Waals surface area contributed by atoms with Gasteiger partial charge in [0.1, 0.15) is 11.5 Å². The first-order valence-corrected chi connectivity index (χ1v) is 5.47. The molecule has 1 aromatic rings. The van der Waals surface area contributed by atoms with Crippen molar-refractivity contribution < 1.29 is 13.7 Å². The van der Waals surface area contributed by atoms with E-state index in [0.717, 1.165) is 19.3 Å². The molecule has 1 aliphatic rings. The fourth-order valence-electron chi connectivity index (χ4n) is 2.33. The molecule has 0 spiro atoms. The average Bonchev–Trinajstić information content (AvgIpc) is 2.34. The molecule has 2 rings (SSSR count). The number of rotatable bonds is 1. The van der Waals surface area contributed by atoms with E-state index in [1.54, 1.807) is 0 Å². The van der Waals surface area contributed by atoms with Gasteiger partial charge in [-0.25, -0.2) is 4.39 Å². The summed E-state index contributed by atoms with van der Waals surface area (Å²) in [5.74, 6) is -1.28. The highest BCUT2D eigenvalue weighted by atomic mass is 19.1. The Labute approximate surface area is 97.7 Å². The maximum Gasteiger partial charge on any atom is 0.283 e. The molecule has 1 saturated carbocycles. The molecule has 4 heteroatoms. The van der Waals surface area contributed by atoms with Crippen LogP contribution in [0.2, 0.25) is 0 Å². The van der Waals surface area contributed by atoms with Crippen LogP contribution in [0.5, 0.6) is 0 Å². The summed E-state index contributed by atoms with van der Waals surface area (Å²) < 4.78 is 36.3. The largest absolute Gasteiger partial charge is 0.425 e. The number of aromatic nitrogens is 1. The molecular weight excluding hydrogens is 209 g/mol. The first kappa shape index (κ1) is 7.87. The number of hydrogen-bond acceptors (Lipinski definition) is 2. The van der Waals surface area contributed by atoms with Crippen molar-refractivity contribution in [3.63, 3.8) is 0 Å². The van der Waals surface area contributed by atoms with Gasteiger partial charge in [-0.1, -0.05) is 19.3 Å². The SMILES string of the molecule is [2H]C([2H])([2H])c1cc(=O)n(O)c(C2CCCCC2)c1F. The van der Waals surface area contributed by atoms with Crippen molar-refractivity contribution in [1.82, 2.24) is 4.73 Å². The third-order valence-corrected chi connectivity index (χ3v) is 3.16. The molecule has 16 heavy (non-hydrogen) atoms. The summed E-state index contributed by atoms with van der Waals surface area (Å²) in [6.45, 7) is -2.69. The van der Waals surface area contributed by atoms with Crippen LogP contribution in [0, 0.1) is 12.7 Å². The van der Waals surface area contributed by atoms with Crippen molar-refractivity contribution in [3.05, 3.63) is 33.5 Å². The van der Waals surface area contributed by atoms with Gasteiger partial charge in [-0.15, -0.1) is 4.73 Å². The van der Waals surface area contributed by atoms with E-state index in [1.165, 1.54) is 0 Å². The summed E-state index contributed by atoms with van der Waals surface area (Å²) in [5.41, 5.74) is -1.69. The Morgan fingerprint density at radius 3 is 2.81 bits per heavy atom. The molecule has 0 unspecified atom stereocenters. The first-order valence-electron chi connectivity index (χ1n) is 6.97. The Balaban J connectivity index is 2.58. The summed E-state index contributed by atoms with van der Waals surface area (Å²) in [6, 6.07) is 0.647. The highest BCUT2D eigenvalue weighted by Crippen LogP contribution is 2.33. The third kappa shape index (κ3) is 1.84. The minimum Gasteiger partial charge on any atom is -0.425 e. The summed E-state index contributed by atoms with van der Waals surface area (Å²) in [7, 11) is 0. The first-order chi connectivity index (χ1) is 8.82. The standard InChI is InChI=1S/C12H16FNO2/c1-8-7-10(15)14(16)12(11(8)13)9-5-3-2-4-6-9/h7,9,16H,2-6H2,1H3/i1D3. The van der Waals surface area contributed by atoms with Crippen LogP contribution in [0.15, 0.2) is 10.9 Å². The topological polar surface area (TPSA) is 42.2 Å². The van der Waals surface area contributed by atoms with Crippen LogP contribution < -0.4 is 5.56 Å². The van der Waals surface area contributed by atoms with Crippen molar-refractivity contribution in [3.8, 4) is 0 Å². The van der Waals surface area contributed by atoms with Crippen molar-refractivity contribution >= 4 is 0 Å². The molecule has 0 saturated heterocycles. The molecule has 0 aliphatic heterocycles. The maximum absolute atomic E-state index is 14.3. The molecule has 3 nitrogen and oxygen atoms in total. The number of aryl methyl sites for hydroxylation is 1. The predicted octanol–water partition coefficient (Wildman–Crippen LogP) is 2.58. The Kier molecular flexibility index (Phi) is 2.10. The summed E-state index contributed by atoms with van der Waals surface area (Å²) in [4.78, 5) is 11.6. The summed E-state index contributed by atoms with van der Waals surface area (Å²) >= 11 is 0. The molecule has 0 amide bonds. The molecule has 0 atom stereocenters. The molecule has 0 bridgehead atoms. The van der Waals surface area contributed by atoms with Crippen LogP contribution in [0.25, 0.3) is 0 Å². The van der Waals surface area contributed by atoms with Crippen LogP contribution in [-0.4, -0.2) is 9.94 Å². The molecule has 0 aromatic carbocycles. The highest BCUT2D eigenvalue weighted by Gasteiger charge is 2.24. The Bertz CT molecular complexity index is 533. The zero-order chi connectivity index (χ0) is 14.2. The number of hydrogen-bond donors (Lipinski definition) is 1. The van der Waals surface area contributed by atoms with Crippen LogP contribution in [-0.2, 0) is 0 Å². The fraction of sp³-hybridized carbons (Fsp3) is 0.583. The number of nitrogens with zero attached hydrogens (tertiary/aromatic N) is 1. The van der Waals surface area contributed by atoms with Crippen molar-refractivity contribution in [2.24, 2.45) is 0 Å². The van der Waals surface area contributed by atoms with Gasteiger partial charge in [0.25, 0.3) is 5.56 Å². The highest BCUT2D eigenvalue weighted by molar-refractivity contribution is 5.22. The minimum atomic E-state index is -2.69. The fourth-order valence-corrected chi connectivity index (χ4v) is 2.33. The van der Waals surface area contributed by atoms with E-state index in [9.17, 15) is 14.4 Å². The van der Waals surface area contributed by atoms with E-state index in [2.05, 4.69) is 0 Å². The van der Waals surface area contributed by atoms with Gasteiger partial charge in [0.2, 0.25) is 0 Å². The van der Waals surface area contributed by atoms with E-state index in [4.69, 9.17) is 4.11 Å². The second kappa shape index (κ2) is 4.28. The van der Waals surface area contributed by atoms with Gasteiger partial charge in [0, 0.05) is 16.1 Å². The second-order valence-corrected chi connectivity index (χ2v) is 4.24.